The van der Waals surface area contributed by atoms with Gasteiger partial charge >= 0.3 is 5.97 Å². The van der Waals surface area contributed by atoms with Crippen LogP contribution in [0.2, 0.25) is 0 Å². The fourth-order valence-electron chi connectivity index (χ4n) is 2.38. The van der Waals surface area contributed by atoms with E-state index in [-0.39, 0.29) is 23.4 Å². The highest BCUT2D eigenvalue weighted by Crippen LogP contribution is 2.23. The molecule has 6 nitrogen and oxygen atoms in total. The molecule has 1 aliphatic rings. The Bertz CT molecular complexity index is 683. The molecule has 0 N–H and O–H groups in total. The van der Waals surface area contributed by atoms with Crippen molar-refractivity contribution in [1.29, 1.82) is 0 Å². The van der Waals surface area contributed by atoms with Gasteiger partial charge < -0.3 is 4.84 Å². The Hall–Kier alpha value is -1.44. The van der Waals surface area contributed by atoms with Gasteiger partial charge in [-0.1, -0.05) is 17.7 Å². The number of piperidine rings is 1. The number of carbonyl (C=O) groups excluding carboxylic acids is 1. The molecule has 0 unspecified atom stereocenters. The Balaban J connectivity index is 1.80. The van der Waals surface area contributed by atoms with Crippen molar-refractivity contribution >= 4 is 16.1 Å². The number of hydrogen-bond acceptors (Lipinski definition) is 6. The quantitative estimate of drug-likeness (QED) is 0.743. The van der Waals surface area contributed by atoms with Crippen molar-refractivity contribution < 1.29 is 22.2 Å². The lowest BCUT2D eigenvalue weighted by atomic mass is 9.97. The van der Waals surface area contributed by atoms with E-state index in [0.717, 1.165) is 18.4 Å². The van der Waals surface area contributed by atoms with E-state index in [0.29, 0.717) is 13.1 Å². The van der Waals surface area contributed by atoms with Crippen LogP contribution in [0, 0.1) is 18.3 Å². The van der Waals surface area contributed by atoms with Crippen molar-refractivity contribution in [1.82, 2.24) is 5.06 Å². The molecule has 140 valence electrons. The van der Waals surface area contributed by atoms with Crippen LogP contribution in [0.15, 0.2) is 29.2 Å². The topological polar surface area (TPSA) is 72.9 Å². The largest absolute Gasteiger partial charge is 0.367 e. The van der Waals surface area contributed by atoms with E-state index < -0.39 is 15.5 Å². The maximum atomic E-state index is 12.2. The van der Waals surface area contributed by atoms with Crippen molar-refractivity contribution in [2.75, 3.05) is 19.7 Å². The summed E-state index contributed by atoms with van der Waals surface area (Å²) in [7, 11) is -3.73. The van der Waals surface area contributed by atoms with Crippen LogP contribution in [-0.2, 0) is 23.9 Å². The summed E-state index contributed by atoms with van der Waals surface area (Å²) in [6.07, 6.45) is 1.45. The third-order valence-electron chi connectivity index (χ3n) is 4.17. The first kappa shape index (κ1) is 19.9. The number of rotatable bonds is 5. The first-order valence-electron chi connectivity index (χ1n) is 8.51. The minimum absolute atomic E-state index is 0.129. The number of aryl methyl sites for hydroxylation is 1. The number of carbonyl (C=O) groups is 1. The lowest BCUT2D eigenvalue weighted by Crippen LogP contribution is -2.39. The Kier molecular flexibility index (Phi) is 6.24. The van der Waals surface area contributed by atoms with Gasteiger partial charge in [0, 0.05) is 13.1 Å². The van der Waals surface area contributed by atoms with Crippen LogP contribution < -0.4 is 0 Å². The van der Waals surface area contributed by atoms with Crippen LogP contribution in [0.1, 0.15) is 39.2 Å². The molecule has 1 aromatic rings. The van der Waals surface area contributed by atoms with Crippen LogP contribution in [0.25, 0.3) is 0 Å². The average Bonchev–Trinajstić information content (AvgIpc) is 2.54. The zero-order chi connectivity index (χ0) is 18.7. The summed E-state index contributed by atoms with van der Waals surface area (Å²) in [6.45, 7) is 8.65. The monoisotopic (exact) mass is 369 g/mol. The van der Waals surface area contributed by atoms with E-state index >= 15 is 0 Å². The molecular formula is C18H27NO5S. The highest BCUT2D eigenvalue weighted by molar-refractivity contribution is 7.86. The molecule has 0 spiro atoms. The predicted octanol–water partition coefficient (Wildman–Crippen LogP) is 2.92. The van der Waals surface area contributed by atoms with Gasteiger partial charge in [0.1, 0.15) is 0 Å². The third-order valence-corrected chi connectivity index (χ3v) is 5.46. The highest BCUT2D eigenvalue weighted by atomic mass is 32.2. The van der Waals surface area contributed by atoms with Crippen molar-refractivity contribution in [2.24, 2.45) is 11.3 Å². The number of hydroxylamine groups is 2. The fraction of sp³-hybridized carbons (Fsp3) is 0.611. The molecule has 1 aliphatic heterocycles. The van der Waals surface area contributed by atoms with E-state index in [1.807, 2.05) is 27.7 Å². The second kappa shape index (κ2) is 7.85. The molecular weight excluding hydrogens is 342 g/mol. The molecule has 1 saturated heterocycles. The zero-order valence-corrected chi connectivity index (χ0v) is 16.1. The molecule has 25 heavy (non-hydrogen) atoms. The van der Waals surface area contributed by atoms with Crippen molar-refractivity contribution in [3.8, 4) is 0 Å². The first-order valence-corrected chi connectivity index (χ1v) is 9.92. The molecule has 1 heterocycles. The lowest BCUT2D eigenvalue weighted by molar-refractivity contribution is -0.206. The van der Waals surface area contributed by atoms with Gasteiger partial charge in [-0.05, 0) is 58.6 Å². The Labute approximate surface area is 150 Å². The van der Waals surface area contributed by atoms with E-state index in [4.69, 9.17) is 9.02 Å². The molecule has 0 amide bonds. The minimum atomic E-state index is -3.73. The van der Waals surface area contributed by atoms with Gasteiger partial charge in [0.25, 0.3) is 10.1 Å². The van der Waals surface area contributed by atoms with E-state index in [1.165, 1.54) is 0 Å². The summed E-state index contributed by atoms with van der Waals surface area (Å²) >= 11 is 0. The first-order chi connectivity index (χ1) is 11.6. The van der Waals surface area contributed by atoms with Crippen LogP contribution in [0.3, 0.4) is 0 Å². The molecule has 0 radical (unpaired) electrons. The maximum absolute atomic E-state index is 12.2. The van der Waals surface area contributed by atoms with Gasteiger partial charge in [-0.15, -0.1) is 5.06 Å². The zero-order valence-electron chi connectivity index (χ0n) is 15.3. The van der Waals surface area contributed by atoms with Gasteiger partial charge in [0.15, 0.2) is 0 Å². The number of nitrogens with zero attached hydrogens (tertiary/aromatic N) is 1. The second-order valence-corrected chi connectivity index (χ2v) is 9.17. The van der Waals surface area contributed by atoms with Crippen molar-refractivity contribution in [2.45, 2.75) is 45.4 Å². The summed E-state index contributed by atoms with van der Waals surface area (Å²) in [5, 5.41) is 1.65. The Morgan fingerprint density at radius 3 is 2.24 bits per heavy atom. The summed E-state index contributed by atoms with van der Waals surface area (Å²) in [4.78, 5) is 17.4. The van der Waals surface area contributed by atoms with Gasteiger partial charge in [0.05, 0.1) is 16.9 Å². The molecule has 0 atom stereocenters. The van der Waals surface area contributed by atoms with Gasteiger partial charge in [0.2, 0.25) is 0 Å². The fourth-order valence-corrected chi connectivity index (χ4v) is 3.36. The normalized spacial score (nSPS) is 17.4. The van der Waals surface area contributed by atoms with Gasteiger partial charge in [-0.25, -0.2) is 4.79 Å². The number of hydrogen-bond donors (Lipinski definition) is 0. The Morgan fingerprint density at radius 2 is 1.72 bits per heavy atom. The standard InChI is InChI=1S/C18H27NO5S/c1-14-5-7-16(8-6-14)25(21,22)23-13-15-9-11-19(12-10-15)24-17(20)18(2,3)4/h5-8,15H,9-13H2,1-4H3. The summed E-state index contributed by atoms with van der Waals surface area (Å²) < 4.78 is 29.6. The second-order valence-electron chi connectivity index (χ2n) is 7.55. The van der Waals surface area contributed by atoms with E-state index in [2.05, 4.69) is 0 Å². The Morgan fingerprint density at radius 1 is 1.16 bits per heavy atom. The molecule has 0 saturated carbocycles. The summed E-state index contributed by atoms with van der Waals surface area (Å²) in [6, 6.07) is 6.61. The van der Waals surface area contributed by atoms with E-state index in [1.54, 1.807) is 29.3 Å². The van der Waals surface area contributed by atoms with Crippen LogP contribution in [0.4, 0.5) is 0 Å². The summed E-state index contributed by atoms with van der Waals surface area (Å²) in [5.41, 5.74) is 0.457. The molecule has 0 aliphatic carbocycles. The van der Waals surface area contributed by atoms with E-state index in [9.17, 15) is 13.2 Å². The van der Waals surface area contributed by atoms with Gasteiger partial charge in [-0.2, -0.15) is 8.42 Å². The molecule has 7 heteroatoms. The smallest absolute Gasteiger partial charge is 0.330 e. The molecule has 1 aromatic carbocycles. The lowest BCUT2D eigenvalue weighted by Gasteiger charge is -2.31. The van der Waals surface area contributed by atoms with Crippen LogP contribution in [-0.4, -0.2) is 39.1 Å². The van der Waals surface area contributed by atoms with Crippen molar-refractivity contribution in [3.05, 3.63) is 29.8 Å². The molecule has 1 fully saturated rings. The SMILES string of the molecule is Cc1ccc(S(=O)(=O)OCC2CCN(OC(=O)C(C)(C)C)CC2)cc1. The summed E-state index contributed by atoms with van der Waals surface area (Å²) in [5.74, 6) is -0.131. The number of benzene rings is 1. The minimum Gasteiger partial charge on any atom is -0.367 e. The third kappa shape index (κ3) is 5.80. The molecule has 0 bridgehead atoms. The van der Waals surface area contributed by atoms with Gasteiger partial charge in [-0.3, -0.25) is 4.18 Å². The average molecular weight is 369 g/mol. The van der Waals surface area contributed by atoms with Crippen molar-refractivity contribution in [3.63, 3.8) is 0 Å². The highest BCUT2D eigenvalue weighted by Gasteiger charge is 2.29. The van der Waals surface area contributed by atoms with Crippen LogP contribution >= 0.6 is 0 Å². The molecule has 0 aromatic heterocycles. The molecule has 2 rings (SSSR count). The predicted molar refractivity (Wildman–Crippen MR) is 94.2 cm³/mol. The van der Waals surface area contributed by atoms with Crippen LogP contribution in [0.5, 0.6) is 0 Å². The maximum Gasteiger partial charge on any atom is 0.330 e.